The van der Waals surface area contributed by atoms with Gasteiger partial charge in [0.1, 0.15) is 13.7 Å². The molecule has 0 spiro atoms. The largest absolute Gasteiger partial charge is 0.206 e. The molecule has 0 N–H and O–H groups in total. The molecule has 2 aromatic rings. The van der Waals surface area contributed by atoms with E-state index in [4.69, 9.17) is 7.85 Å². The minimum atomic E-state index is -0.227. The Morgan fingerprint density at radius 1 is 1.30 bits per heavy atom. The lowest BCUT2D eigenvalue weighted by molar-refractivity contribution is 0.624. The van der Waals surface area contributed by atoms with Crippen LogP contribution in [0.5, 0.6) is 0 Å². The molecule has 0 amide bonds. The van der Waals surface area contributed by atoms with Crippen molar-refractivity contribution in [2.24, 2.45) is 0 Å². The smallest absolute Gasteiger partial charge is 0.131 e. The molecular formula is C17H14BFS. The van der Waals surface area contributed by atoms with E-state index in [1.54, 1.807) is 41.7 Å². The lowest BCUT2D eigenvalue weighted by Gasteiger charge is -2.05. The number of thiophene rings is 1. The molecule has 0 aliphatic heterocycles. The first-order chi connectivity index (χ1) is 9.61. The summed E-state index contributed by atoms with van der Waals surface area (Å²) in [6, 6.07) is 9.24. The minimum absolute atomic E-state index is 0.227. The number of hydrogen-bond donors (Lipinski definition) is 0. The average Bonchev–Trinajstić information content (AvgIpc) is 2.98. The van der Waals surface area contributed by atoms with Gasteiger partial charge in [-0.15, -0.1) is 11.3 Å². The van der Waals surface area contributed by atoms with E-state index in [0.717, 1.165) is 16.0 Å². The summed E-state index contributed by atoms with van der Waals surface area (Å²) >= 11 is 1.60. The third-order valence-electron chi connectivity index (χ3n) is 2.96. The Morgan fingerprint density at radius 3 is 2.70 bits per heavy atom. The standard InChI is InChI=1S/C17H14BFS/c1-3-14(18)8-6-12(2)15-9-7-13(11-16(15)19)17-5-4-10-20-17/h3-11H,1H2,2H3/b12-6+,14-8+. The Hall–Kier alpha value is -1.87. The van der Waals surface area contributed by atoms with Crippen molar-refractivity contribution in [3.8, 4) is 10.4 Å². The van der Waals surface area contributed by atoms with Gasteiger partial charge in [-0.1, -0.05) is 48.5 Å². The number of halogens is 1. The molecule has 2 rings (SSSR count). The zero-order chi connectivity index (χ0) is 14.5. The molecule has 20 heavy (non-hydrogen) atoms. The van der Waals surface area contributed by atoms with Crippen LogP contribution in [0.25, 0.3) is 16.0 Å². The zero-order valence-electron chi connectivity index (χ0n) is 11.3. The third-order valence-corrected chi connectivity index (χ3v) is 3.88. The van der Waals surface area contributed by atoms with E-state index in [1.165, 1.54) is 0 Å². The second kappa shape index (κ2) is 6.53. The summed E-state index contributed by atoms with van der Waals surface area (Å²) in [5.74, 6) is -0.227. The third kappa shape index (κ3) is 3.37. The molecule has 0 bridgehead atoms. The molecule has 3 heteroatoms. The van der Waals surface area contributed by atoms with E-state index in [0.29, 0.717) is 11.0 Å². The van der Waals surface area contributed by atoms with Crippen LogP contribution in [0.1, 0.15) is 12.5 Å². The molecule has 2 radical (unpaired) electrons. The molecule has 0 aliphatic carbocycles. The first-order valence-electron chi connectivity index (χ1n) is 6.22. The van der Waals surface area contributed by atoms with E-state index >= 15 is 0 Å². The number of benzene rings is 1. The van der Waals surface area contributed by atoms with Gasteiger partial charge in [-0.2, -0.15) is 0 Å². The summed E-state index contributed by atoms with van der Waals surface area (Å²) in [4.78, 5) is 1.06. The van der Waals surface area contributed by atoms with Gasteiger partial charge in [-0.25, -0.2) is 4.39 Å². The minimum Gasteiger partial charge on any atom is -0.206 e. The van der Waals surface area contributed by atoms with Crippen LogP contribution in [-0.2, 0) is 0 Å². The Balaban J connectivity index is 2.33. The summed E-state index contributed by atoms with van der Waals surface area (Å²) in [6.45, 7) is 5.43. The van der Waals surface area contributed by atoms with Gasteiger partial charge in [0.25, 0.3) is 0 Å². The van der Waals surface area contributed by atoms with Crippen LogP contribution in [0, 0.1) is 5.82 Å². The highest BCUT2D eigenvalue weighted by Crippen LogP contribution is 2.28. The molecule has 0 saturated heterocycles. The van der Waals surface area contributed by atoms with Gasteiger partial charge >= 0.3 is 0 Å². The second-order valence-corrected chi connectivity index (χ2v) is 5.34. The van der Waals surface area contributed by atoms with E-state index in [-0.39, 0.29) is 5.82 Å². The van der Waals surface area contributed by atoms with E-state index in [1.807, 2.05) is 30.5 Å². The highest BCUT2D eigenvalue weighted by atomic mass is 32.1. The quantitative estimate of drug-likeness (QED) is 0.533. The predicted octanol–water partition coefficient (Wildman–Crippen LogP) is 5.20. The van der Waals surface area contributed by atoms with Crippen LogP contribution in [0.15, 0.2) is 66.0 Å². The normalized spacial score (nSPS) is 12.5. The van der Waals surface area contributed by atoms with Gasteiger partial charge in [0.2, 0.25) is 0 Å². The summed E-state index contributed by atoms with van der Waals surface area (Å²) < 4.78 is 14.2. The lowest BCUT2D eigenvalue weighted by Crippen LogP contribution is -1.88. The van der Waals surface area contributed by atoms with Gasteiger partial charge in [-0.05, 0) is 35.6 Å². The van der Waals surface area contributed by atoms with E-state index < -0.39 is 0 Å². The summed E-state index contributed by atoms with van der Waals surface area (Å²) in [7, 11) is 5.63. The van der Waals surface area contributed by atoms with Crippen LogP contribution >= 0.6 is 11.3 Å². The van der Waals surface area contributed by atoms with Gasteiger partial charge < -0.3 is 0 Å². The number of hydrogen-bond acceptors (Lipinski definition) is 1. The van der Waals surface area contributed by atoms with Crippen LogP contribution in [0.4, 0.5) is 4.39 Å². The van der Waals surface area contributed by atoms with Gasteiger partial charge in [0.05, 0.1) is 0 Å². The fourth-order valence-corrected chi connectivity index (χ4v) is 2.53. The van der Waals surface area contributed by atoms with Gasteiger partial charge in [-0.3, -0.25) is 0 Å². The van der Waals surface area contributed by atoms with Crippen molar-refractivity contribution in [3.05, 3.63) is 77.4 Å². The van der Waals surface area contributed by atoms with Gasteiger partial charge in [0, 0.05) is 10.4 Å². The topological polar surface area (TPSA) is 0 Å². The Bertz CT molecular complexity index is 666. The molecule has 0 fully saturated rings. The second-order valence-electron chi connectivity index (χ2n) is 4.39. The van der Waals surface area contributed by atoms with Crippen LogP contribution in [0.3, 0.4) is 0 Å². The molecule has 98 valence electrons. The Kier molecular flexibility index (Phi) is 4.75. The molecule has 0 unspecified atom stereocenters. The molecule has 0 nitrogen and oxygen atoms in total. The summed E-state index contributed by atoms with van der Waals surface area (Å²) in [5, 5.41) is 1.98. The summed E-state index contributed by atoms with van der Waals surface area (Å²) in [5.41, 5.74) is 2.86. The molecule has 0 saturated carbocycles. The SMILES string of the molecule is [B]/C(C=C)=C/C=C(\C)c1ccc(-c2cccs2)cc1F. The molecule has 1 aromatic heterocycles. The molecule has 0 aliphatic rings. The maximum absolute atomic E-state index is 14.2. The van der Waals surface area contributed by atoms with Crippen molar-refractivity contribution in [2.45, 2.75) is 6.92 Å². The Labute approximate surface area is 124 Å². The predicted molar refractivity (Wildman–Crippen MR) is 87.4 cm³/mol. The fourth-order valence-electron chi connectivity index (χ4n) is 1.81. The van der Waals surface area contributed by atoms with Crippen LogP contribution in [0.2, 0.25) is 0 Å². The lowest BCUT2D eigenvalue weighted by atomic mass is 9.94. The first kappa shape index (κ1) is 14.5. The Morgan fingerprint density at radius 2 is 2.10 bits per heavy atom. The number of allylic oxidation sites excluding steroid dienone is 5. The van der Waals surface area contributed by atoms with Crippen molar-refractivity contribution in [2.75, 3.05) is 0 Å². The van der Waals surface area contributed by atoms with Crippen molar-refractivity contribution in [3.63, 3.8) is 0 Å². The maximum atomic E-state index is 14.2. The molecule has 1 aromatic carbocycles. The maximum Gasteiger partial charge on any atom is 0.131 e. The molecule has 1 heterocycles. The first-order valence-corrected chi connectivity index (χ1v) is 7.10. The van der Waals surface area contributed by atoms with Crippen molar-refractivity contribution in [1.82, 2.24) is 0 Å². The highest BCUT2D eigenvalue weighted by molar-refractivity contribution is 7.13. The van der Waals surface area contributed by atoms with Crippen molar-refractivity contribution < 1.29 is 4.39 Å². The fraction of sp³-hybridized carbons (Fsp3) is 0.0588. The van der Waals surface area contributed by atoms with Crippen LogP contribution < -0.4 is 0 Å². The van der Waals surface area contributed by atoms with Gasteiger partial charge in [0.15, 0.2) is 0 Å². The molecule has 0 atom stereocenters. The van der Waals surface area contributed by atoms with E-state index in [9.17, 15) is 4.39 Å². The van der Waals surface area contributed by atoms with E-state index in [2.05, 4.69) is 6.58 Å². The summed E-state index contributed by atoms with van der Waals surface area (Å²) in [6.07, 6.45) is 5.06. The van der Waals surface area contributed by atoms with Crippen molar-refractivity contribution in [1.29, 1.82) is 0 Å². The molecular weight excluding hydrogens is 266 g/mol. The monoisotopic (exact) mass is 280 g/mol. The zero-order valence-corrected chi connectivity index (χ0v) is 12.1. The average molecular weight is 280 g/mol. The highest BCUT2D eigenvalue weighted by Gasteiger charge is 2.06. The number of rotatable bonds is 4. The van der Waals surface area contributed by atoms with Crippen molar-refractivity contribution >= 4 is 24.8 Å². The van der Waals surface area contributed by atoms with Crippen LogP contribution in [-0.4, -0.2) is 7.85 Å².